The van der Waals surface area contributed by atoms with Gasteiger partial charge in [-0.1, -0.05) is 17.7 Å². The third-order valence-electron chi connectivity index (χ3n) is 4.00. The summed E-state index contributed by atoms with van der Waals surface area (Å²) in [6, 6.07) is 5.56. The van der Waals surface area contributed by atoms with Gasteiger partial charge in [-0.25, -0.2) is 4.39 Å². The van der Waals surface area contributed by atoms with Crippen LogP contribution in [0, 0.1) is 5.82 Å². The molecule has 0 aliphatic carbocycles. The number of alkyl halides is 3. The maximum Gasteiger partial charge on any atom is 0.416 e. The lowest BCUT2D eigenvalue weighted by Gasteiger charge is -2.27. The van der Waals surface area contributed by atoms with Gasteiger partial charge in [-0.15, -0.1) is 0 Å². The second-order valence-corrected chi connectivity index (χ2v) is 6.06. The van der Waals surface area contributed by atoms with Crippen LogP contribution in [0.3, 0.4) is 0 Å². The molecule has 0 aromatic heterocycles. The number of ether oxygens (including phenoxy) is 1. The van der Waals surface area contributed by atoms with Crippen LogP contribution < -0.4 is 10.5 Å². The van der Waals surface area contributed by atoms with E-state index < -0.39 is 17.6 Å². The Kier molecular flexibility index (Phi) is 4.44. The number of halogens is 5. The molecule has 1 heterocycles. The van der Waals surface area contributed by atoms with E-state index in [0.717, 1.165) is 12.1 Å². The highest BCUT2D eigenvalue weighted by atomic mass is 35.5. The zero-order chi connectivity index (χ0) is 17.5. The van der Waals surface area contributed by atoms with E-state index in [1.807, 2.05) is 0 Å². The van der Waals surface area contributed by atoms with Gasteiger partial charge in [0.25, 0.3) is 0 Å². The van der Waals surface area contributed by atoms with Gasteiger partial charge in [0.05, 0.1) is 5.56 Å². The fourth-order valence-electron chi connectivity index (χ4n) is 2.79. The van der Waals surface area contributed by atoms with Crippen molar-refractivity contribution in [1.29, 1.82) is 0 Å². The summed E-state index contributed by atoms with van der Waals surface area (Å²) in [5, 5.41) is -0.115. The molecule has 0 fully saturated rings. The Balaban J connectivity index is 2.12. The second-order valence-electron chi connectivity index (χ2n) is 5.65. The van der Waals surface area contributed by atoms with Crippen LogP contribution in [0.2, 0.25) is 5.02 Å². The average molecular weight is 360 g/mol. The van der Waals surface area contributed by atoms with Crippen molar-refractivity contribution in [3.8, 4) is 16.9 Å². The highest BCUT2D eigenvalue weighted by Crippen LogP contribution is 2.42. The molecule has 2 aromatic carbocycles. The van der Waals surface area contributed by atoms with Gasteiger partial charge in [0, 0.05) is 22.7 Å². The van der Waals surface area contributed by atoms with Crippen molar-refractivity contribution < 1.29 is 22.3 Å². The summed E-state index contributed by atoms with van der Waals surface area (Å²) in [7, 11) is 0. The van der Waals surface area contributed by atoms with Gasteiger partial charge in [0.2, 0.25) is 0 Å². The number of fused-ring (bicyclic) bond motifs is 1. The number of aryl methyl sites for hydroxylation is 1. The van der Waals surface area contributed by atoms with E-state index >= 15 is 0 Å². The number of rotatable bonds is 2. The van der Waals surface area contributed by atoms with E-state index in [1.54, 1.807) is 0 Å². The summed E-state index contributed by atoms with van der Waals surface area (Å²) in [6.45, 7) is 0.303. The number of hydrogen-bond acceptors (Lipinski definition) is 2. The Morgan fingerprint density at radius 2 is 1.92 bits per heavy atom. The lowest BCUT2D eigenvalue weighted by atomic mass is 9.94. The van der Waals surface area contributed by atoms with E-state index in [4.69, 9.17) is 22.1 Å². The standard InChI is InChI=1S/C17H14ClF4NO/c18-15-6-10(17(20,21)22)2-4-13(15)14-7-11(19)5-9-1-3-12(8-23)24-16(9)14/h2,4-7,12H,1,3,8,23H2/t12-/m1/s1. The molecule has 7 heteroatoms. The number of benzene rings is 2. The maximum atomic E-state index is 13.9. The largest absolute Gasteiger partial charge is 0.488 e. The quantitative estimate of drug-likeness (QED) is 0.780. The number of nitrogens with two attached hydrogens (primary N) is 1. The van der Waals surface area contributed by atoms with E-state index in [-0.39, 0.29) is 16.7 Å². The van der Waals surface area contributed by atoms with Crippen molar-refractivity contribution in [2.45, 2.75) is 25.1 Å². The summed E-state index contributed by atoms with van der Waals surface area (Å²) in [5.41, 5.74) is 6.05. The molecule has 1 atom stereocenters. The molecule has 1 aliphatic rings. The maximum absolute atomic E-state index is 13.9. The topological polar surface area (TPSA) is 35.2 Å². The first-order valence-corrected chi connectivity index (χ1v) is 7.73. The van der Waals surface area contributed by atoms with E-state index in [2.05, 4.69) is 0 Å². The van der Waals surface area contributed by atoms with Crippen molar-refractivity contribution in [3.05, 3.63) is 52.3 Å². The molecular weight excluding hydrogens is 346 g/mol. The predicted octanol–water partition coefficient (Wildman–Crippen LogP) is 4.82. The summed E-state index contributed by atoms with van der Waals surface area (Å²) in [5.74, 6) is -0.0609. The van der Waals surface area contributed by atoms with Gasteiger partial charge in [-0.2, -0.15) is 13.2 Å². The molecule has 1 aliphatic heterocycles. The molecule has 0 unspecified atom stereocenters. The number of hydrogen-bond donors (Lipinski definition) is 1. The molecule has 2 N–H and O–H groups in total. The van der Waals surface area contributed by atoms with Crippen molar-refractivity contribution in [1.82, 2.24) is 0 Å². The van der Waals surface area contributed by atoms with E-state index in [0.29, 0.717) is 36.3 Å². The Hall–Kier alpha value is -1.79. The van der Waals surface area contributed by atoms with Crippen LogP contribution in [-0.2, 0) is 12.6 Å². The zero-order valence-electron chi connectivity index (χ0n) is 12.5. The van der Waals surface area contributed by atoms with E-state index in [9.17, 15) is 17.6 Å². The zero-order valence-corrected chi connectivity index (χ0v) is 13.2. The predicted molar refractivity (Wildman–Crippen MR) is 83.6 cm³/mol. The van der Waals surface area contributed by atoms with Crippen LogP contribution in [0.15, 0.2) is 30.3 Å². The summed E-state index contributed by atoms with van der Waals surface area (Å²) < 4.78 is 58.1. The minimum absolute atomic E-state index is 0.115. The molecule has 2 nitrogen and oxygen atoms in total. The van der Waals surface area contributed by atoms with Gasteiger partial charge in [0.1, 0.15) is 17.7 Å². The molecule has 0 spiro atoms. The van der Waals surface area contributed by atoms with Crippen LogP contribution in [0.25, 0.3) is 11.1 Å². The molecule has 0 bridgehead atoms. The summed E-state index contributed by atoms with van der Waals surface area (Å²) in [4.78, 5) is 0. The monoisotopic (exact) mass is 359 g/mol. The lowest BCUT2D eigenvalue weighted by Crippen LogP contribution is -2.30. The minimum atomic E-state index is -4.50. The molecule has 2 aromatic rings. The first kappa shape index (κ1) is 17.0. The summed E-state index contributed by atoms with van der Waals surface area (Å²) in [6.07, 6.45) is -3.46. The Morgan fingerprint density at radius 3 is 2.54 bits per heavy atom. The lowest BCUT2D eigenvalue weighted by molar-refractivity contribution is -0.137. The van der Waals surface area contributed by atoms with Crippen LogP contribution in [0.4, 0.5) is 17.6 Å². The van der Waals surface area contributed by atoms with Crippen LogP contribution in [-0.4, -0.2) is 12.6 Å². The Labute approximate surface area is 141 Å². The molecule has 0 amide bonds. The van der Waals surface area contributed by atoms with Crippen LogP contribution >= 0.6 is 11.6 Å². The first-order valence-electron chi connectivity index (χ1n) is 7.36. The molecule has 0 radical (unpaired) electrons. The van der Waals surface area contributed by atoms with Crippen molar-refractivity contribution in [2.24, 2.45) is 5.73 Å². The second kappa shape index (κ2) is 6.26. The molecule has 3 rings (SSSR count). The fourth-order valence-corrected chi connectivity index (χ4v) is 3.08. The first-order chi connectivity index (χ1) is 11.3. The van der Waals surface area contributed by atoms with Crippen molar-refractivity contribution in [2.75, 3.05) is 6.54 Å². The fraction of sp³-hybridized carbons (Fsp3) is 0.294. The van der Waals surface area contributed by atoms with Crippen LogP contribution in [0.1, 0.15) is 17.5 Å². The van der Waals surface area contributed by atoms with Crippen molar-refractivity contribution in [3.63, 3.8) is 0 Å². The third kappa shape index (κ3) is 3.21. The minimum Gasteiger partial charge on any atom is -0.488 e. The summed E-state index contributed by atoms with van der Waals surface area (Å²) >= 11 is 6.03. The average Bonchev–Trinajstić information content (AvgIpc) is 2.52. The van der Waals surface area contributed by atoms with Gasteiger partial charge < -0.3 is 10.5 Å². The molecule has 24 heavy (non-hydrogen) atoms. The van der Waals surface area contributed by atoms with Gasteiger partial charge in [0.15, 0.2) is 0 Å². The third-order valence-corrected chi connectivity index (χ3v) is 4.31. The normalized spacial score (nSPS) is 17.3. The molecule has 0 saturated carbocycles. The van der Waals surface area contributed by atoms with Gasteiger partial charge in [-0.3, -0.25) is 0 Å². The Morgan fingerprint density at radius 1 is 1.17 bits per heavy atom. The highest BCUT2D eigenvalue weighted by Gasteiger charge is 2.31. The van der Waals surface area contributed by atoms with Gasteiger partial charge >= 0.3 is 6.18 Å². The van der Waals surface area contributed by atoms with Crippen LogP contribution in [0.5, 0.6) is 5.75 Å². The molecule has 0 saturated heterocycles. The molecule has 128 valence electrons. The van der Waals surface area contributed by atoms with E-state index in [1.165, 1.54) is 18.2 Å². The van der Waals surface area contributed by atoms with Gasteiger partial charge in [-0.05, 0) is 42.7 Å². The Bertz CT molecular complexity index is 776. The highest BCUT2D eigenvalue weighted by molar-refractivity contribution is 6.33. The molecular formula is C17H14ClF4NO. The SMILES string of the molecule is NC[C@H]1CCc2cc(F)cc(-c3ccc(C(F)(F)F)cc3Cl)c2O1. The smallest absolute Gasteiger partial charge is 0.416 e. The van der Waals surface area contributed by atoms with Crippen molar-refractivity contribution >= 4 is 11.6 Å².